The molecular formula is C16H35NO. The standard InChI is InChI=1S/C16H35NO/c1-4-7-10-11-15-18-16-14-17(12-8-5-2)13-9-6-3/h4-16H2,1-3H3. The molecule has 0 amide bonds. The van der Waals surface area contributed by atoms with E-state index in [2.05, 4.69) is 25.7 Å². The van der Waals surface area contributed by atoms with Crippen LogP contribution in [0.4, 0.5) is 0 Å². The third kappa shape index (κ3) is 12.4. The molecule has 0 radical (unpaired) electrons. The largest absolute Gasteiger partial charge is 0.380 e. The normalized spacial score (nSPS) is 11.3. The van der Waals surface area contributed by atoms with Crippen molar-refractivity contribution in [2.24, 2.45) is 0 Å². The van der Waals surface area contributed by atoms with Crippen LogP contribution in [-0.2, 0) is 4.74 Å². The van der Waals surface area contributed by atoms with E-state index in [4.69, 9.17) is 4.74 Å². The topological polar surface area (TPSA) is 12.5 Å². The highest BCUT2D eigenvalue weighted by molar-refractivity contribution is 4.57. The van der Waals surface area contributed by atoms with Gasteiger partial charge in [-0.25, -0.2) is 0 Å². The van der Waals surface area contributed by atoms with E-state index >= 15 is 0 Å². The van der Waals surface area contributed by atoms with Gasteiger partial charge in [-0.2, -0.15) is 0 Å². The fraction of sp³-hybridized carbons (Fsp3) is 1.00. The summed E-state index contributed by atoms with van der Waals surface area (Å²) in [6, 6.07) is 0. The van der Waals surface area contributed by atoms with E-state index in [1.807, 2.05) is 0 Å². The highest BCUT2D eigenvalue weighted by atomic mass is 16.5. The van der Waals surface area contributed by atoms with Crippen molar-refractivity contribution in [2.75, 3.05) is 32.8 Å². The van der Waals surface area contributed by atoms with E-state index in [0.717, 1.165) is 19.8 Å². The summed E-state index contributed by atoms with van der Waals surface area (Å²) in [6.07, 6.45) is 10.4. The second-order valence-electron chi connectivity index (χ2n) is 5.22. The molecule has 0 aromatic carbocycles. The van der Waals surface area contributed by atoms with Gasteiger partial charge < -0.3 is 9.64 Å². The van der Waals surface area contributed by atoms with Crippen molar-refractivity contribution in [1.82, 2.24) is 4.90 Å². The first-order chi connectivity index (χ1) is 8.85. The predicted molar refractivity (Wildman–Crippen MR) is 81.2 cm³/mol. The Bertz CT molecular complexity index is 142. The molecule has 0 fully saturated rings. The van der Waals surface area contributed by atoms with Crippen LogP contribution in [-0.4, -0.2) is 37.7 Å². The van der Waals surface area contributed by atoms with Gasteiger partial charge in [-0.1, -0.05) is 52.9 Å². The molecule has 0 aromatic heterocycles. The Labute approximate surface area is 115 Å². The van der Waals surface area contributed by atoms with Crippen molar-refractivity contribution in [1.29, 1.82) is 0 Å². The summed E-state index contributed by atoms with van der Waals surface area (Å²) in [5.41, 5.74) is 0. The third-order valence-corrected chi connectivity index (χ3v) is 3.35. The Balaban J connectivity index is 3.43. The van der Waals surface area contributed by atoms with Gasteiger partial charge in [0.15, 0.2) is 0 Å². The van der Waals surface area contributed by atoms with Gasteiger partial charge >= 0.3 is 0 Å². The van der Waals surface area contributed by atoms with E-state index in [0.29, 0.717) is 0 Å². The molecule has 0 rings (SSSR count). The van der Waals surface area contributed by atoms with E-state index in [9.17, 15) is 0 Å². The number of nitrogens with zero attached hydrogens (tertiary/aromatic N) is 1. The summed E-state index contributed by atoms with van der Waals surface area (Å²) in [5.74, 6) is 0. The molecule has 2 nitrogen and oxygen atoms in total. The maximum absolute atomic E-state index is 5.73. The highest BCUT2D eigenvalue weighted by Crippen LogP contribution is 2.01. The minimum absolute atomic E-state index is 0.916. The van der Waals surface area contributed by atoms with Gasteiger partial charge in [0, 0.05) is 13.2 Å². The monoisotopic (exact) mass is 257 g/mol. The van der Waals surface area contributed by atoms with Crippen molar-refractivity contribution in [3.8, 4) is 0 Å². The lowest BCUT2D eigenvalue weighted by molar-refractivity contribution is 0.0994. The van der Waals surface area contributed by atoms with Crippen LogP contribution in [0.5, 0.6) is 0 Å². The Kier molecular flexibility index (Phi) is 14.9. The smallest absolute Gasteiger partial charge is 0.0593 e. The second-order valence-corrected chi connectivity index (χ2v) is 5.22. The maximum atomic E-state index is 5.73. The molecule has 0 aliphatic rings. The maximum Gasteiger partial charge on any atom is 0.0593 e. The molecule has 110 valence electrons. The van der Waals surface area contributed by atoms with Gasteiger partial charge in [0.1, 0.15) is 0 Å². The van der Waals surface area contributed by atoms with Crippen LogP contribution in [0.25, 0.3) is 0 Å². The molecule has 0 saturated carbocycles. The number of ether oxygens (including phenoxy) is 1. The van der Waals surface area contributed by atoms with Gasteiger partial charge in [0.25, 0.3) is 0 Å². The van der Waals surface area contributed by atoms with Gasteiger partial charge in [-0.3, -0.25) is 0 Å². The summed E-state index contributed by atoms with van der Waals surface area (Å²) in [7, 11) is 0. The number of unbranched alkanes of at least 4 members (excludes halogenated alkanes) is 5. The van der Waals surface area contributed by atoms with Crippen LogP contribution in [0, 0.1) is 0 Å². The lowest BCUT2D eigenvalue weighted by atomic mass is 10.2. The van der Waals surface area contributed by atoms with Crippen molar-refractivity contribution < 1.29 is 4.74 Å². The van der Waals surface area contributed by atoms with Gasteiger partial charge in [0.2, 0.25) is 0 Å². The van der Waals surface area contributed by atoms with Crippen molar-refractivity contribution in [2.45, 2.75) is 72.1 Å². The average Bonchev–Trinajstić information content (AvgIpc) is 2.40. The van der Waals surface area contributed by atoms with Crippen LogP contribution >= 0.6 is 0 Å². The summed E-state index contributed by atoms with van der Waals surface area (Å²) in [6.45, 7) is 12.3. The van der Waals surface area contributed by atoms with E-state index in [1.165, 1.54) is 64.5 Å². The number of hydrogen-bond donors (Lipinski definition) is 0. The highest BCUT2D eigenvalue weighted by Gasteiger charge is 2.03. The van der Waals surface area contributed by atoms with Crippen molar-refractivity contribution in [3.05, 3.63) is 0 Å². The Morgan fingerprint density at radius 2 is 1.22 bits per heavy atom. The zero-order valence-electron chi connectivity index (χ0n) is 13.0. The predicted octanol–water partition coefficient (Wildman–Crippen LogP) is 4.49. The van der Waals surface area contributed by atoms with Crippen LogP contribution in [0.2, 0.25) is 0 Å². The molecule has 0 aliphatic heterocycles. The van der Waals surface area contributed by atoms with E-state index in [-0.39, 0.29) is 0 Å². The first-order valence-corrected chi connectivity index (χ1v) is 8.15. The molecule has 0 unspecified atom stereocenters. The van der Waals surface area contributed by atoms with E-state index in [1.54, 1.807) is 0 Å². The zero-order chi connectivity index (χ0) is 13.5. The van der Waals surface area contributed by atoms with Crippen molar-refractivity contribution in [3.63, 3.8) is 0 Å². The minimum atomic E-state index is 0.916. The molecule has 0 bridgehead atoms. The fourth-order valence-corrected chi connectivity index (χ4v) is 2.03. The molecule has 0 atom stereocenters. The average molecular weight is 257 g/mol. The third-order valence-electron chi connectivity index (χ3n) is 3.35. The second kappa shape index (κ2) is 15.0. The Morgan fingerprint density at radius 1 is 0.611 bits per heavy atom. The van der Waals surface area contributed by atoms with Crippen LogP contribution in [0.15, 0.2) is 0 Å². The first-order valence-electron chi connectivity index (χ1n) is 8.15. The summed E-state index contributed by atoms with van der Waals surface area (Å²) < 4.78 is 5.73. The van der Waals surface area contributed by atoms with Crippen LogP contribution in [0.1, 0.15) is 72.1 Å². The van der Waals surface area contributed by atoms with Crippen LogP contribution in [0.3, 0.4) is 0 Å². The summed E-state index contributed by atoms with van der Waals surface area (Å²) in [4.78, 5) is 2.57. The Hall–Kier alpha value is -0.0800. The van der Waals surface area contributed by atoms with Crippen molar-refractivity contribution >= 4 is 0 Å². The molecule has 0 saturated heterocycles. The molecular weight excluding hydrogens is 222 g/mol. The molecule has 2 heteroatoms. The summed E-state index contributed by atoms with van der Waals surface area (Å²) in [5, 5.41) is 0. The minimum Gasteiger partial charge on any atom is -0.380 e. The fourth-order valence-electron chi connectivity index (χ4n) is 2.03. The van der Waals surface area contributed by atoms with Gasteiger partial charge in [-0.15, -0.1) is 0 Å². The van der Waals surface area contributed by atoms with Gasteiger partial charge in [0.05, 0.1) is 6.61 Å². The molecule has 18 heavy (non-hydrogen) atoms. The SMILES string of the molecule is CCCCCCOCCN(CCCC)CCCC. The van der Waals surface area contributed by atoms with E-state index < -0.39 is 0 Å². The molecule has 0 heterocycles. The molecule has 0 N–H and O–H groups in total. The lowest BCUT2D eigenvalue weighted by Crippen LogP contribution is -2.29. The molecule has 0 aromatic rings. The lowest BCUT2D eigenvalue weighted by Gasteiger charge is -2.21. The summed E-state index contributed by atoms with van der Waals surface area (Å²) >= 11 is 0. The Morgan fingerprint density at radius 3 is 1.78 bits per heavy atom. The molecule has 0 spiro atoms. The number of rotatable bonds is 14. The number of hydrogen-bond acceptors (Lipinski definition) is 2. The van der Waals surface area contributed by atoms with Crippen LogP contribution < -0.4 is 0 Å². The zero-order valence-corrected chi connectivity index (χ0v) is 13.0. The van der Waals surface area contributed by atoms with Gasteiger partial charge in [-0.05, 0) is 32.4 Å². The first kappa shape index (κ1) is 17.9. The quantitative estimate of drug-likeness (QED) is 0.425. The molecule has 0 aliphatic carbocycles.